The second-order valence-corrected chi connectivity index (χ2v) is 5.87. The van der Waals surface area contributed by atoms with Crippen molar-refractivity contribution in [1.82, 2.24) is 5.32 Å². The number of benzene rings is 1. The minimum Gasteiger partial charge on any atom is -0.310 e. The second kappa shape index (κ2) is 6.34. The van der Waals surface area contributed by atoms with Gasteiger partial charge in [-0.25, -0.2) is 4.39 Å². The zero-order chi connectivity index (χ0) is 15.6. The first-order valence-corrected chi connectivity index (χ1v) is 7.44. The molecule has 1 nitrogen and oxygen atoms in total. The molecule has 0 radical (unpaired) electrons. The molecule has 1 N–H and O–H groups in total. The number of hydrogen-bond donors (Lipinski definition) is 1. The molecule has 2 atom stereocenters. The number of alkyl halides is 3. The topological polar surface area (TPSA) is 12.0 Å². The molecule has 1 aliphatic rings. The Hall–Kier alpha value is -1.10. The van der Waals surface area contributed by atoms with Crippen molar-refractivity contribution in [2.45, 2.75) is 45.3 Å². The van der Waals surface area contributed by atoms with Gasteiger partial charge in [-0.15, -0.1) is 0 Å². The van der Waals surface area contributed by atoms with E-state index in [1.165, 1.54) is 6.07 Å². The Balaban J connectivity index is 2.30. The SMILES string of the molecule is CCCNC(c1ccc(F)c(C(F)(F)F)c1)C(C)C1CC1. The van der Waals surface area contributed by atoms with Crippen LogP contribution < -0.4 is 5.32 Å². The van der Waals surface area contributed by atoms with Crippen molar-refractivity contribution in [3.05, 3.63) is 35.1 Å². The molecule has 1 aliphatic carbocycles. The molecule has 1 saturated carbocycles. The van der Waals surface area contributed by atoms with Gasteiger partial charge in [0.15, 0.2) is 0 Å². The first kappa shape index (κ1) is 16.3. The molecular formula is C16H21F4N. The maximum atomic E-state index is 13.4. The van der Waals surface area contributed by atoms with Crippen LogP contribution in [0.25, 0.3) is 0 Å². The highest BCUT2D eigenvalue weighted by molar-refractivity contribution is 5.30. The van der Waals surface area contributed by atoms with Gasteiger partial charge in [-0.3, -0.25) is 0 Å². The van der Waals surface area contributed by atoms with Gasteiger partial charge in [0.2, 0.25) is 0 Å². The van der Waals surface area contributed by atoms with Crippen LogP contribution in [-0.2, 0) is 6.18 Å². The predicted octanol–water partition coefficient (Wildman–Crippen LogP) is 4.93. The summed E-state index contributed by atoms with van der Waals surface area (Å²) in [5.74, 6) is -0.401. The lowest BCUT2D eigenvalue weighted by Crippen LogP contribution is -2.29. The Morgan fingerprint density at radius 1 is 1.29 bits per heavy atom. The van der Waals surface area contributed by atoms with Crippen molar-refractivity contribution in [1.29, 1.82) is 0 Å². The fourth-order valence-corrected chi connectivity index (χ4v) is 2.75. The molecule has 1 aromatic rings. The third-order valence-corrected chi connectivity index (χ3v) is 4.16. The lowest BCUT2D eigenvalue weighted by atomic mass is 9.89. The van der Waals surface area contributed by atoms with E-state index in [-0.39, 0.29) is 12.0 Å². The summed E-state index contributed by atoms with van der Waals surface area (Å²) in [4.78, 5) is 0. The van der Waals surface area contributed by atoms with Crippen molar-refractivity contribution in [3.8, 4) is 0 Å². The number of rotatable bonds is 6. The third-order valence-electron chi connectivity index (χ3n) is 4.16. The molecule has 118 valence electrons. The number of hydrogen-bond acceptors (Lipinski definition) is 1. The van der Waals surface area contributed by atoms with Crippen LogP contribution in [0.4, 0.5) is 17.6 Å². The van der Waals surface area contributed by atoms with Crippen molar-refractivity contribution >= 4 is 0 Å². The number of nitrogens with one attached hydrogen (secondary N) is 1. The van der Waals surface area contributed by atoms with Crippen molar-refractivity contribution in [3.63, 3.8) is 0 Å². The van der Waals surface area contributed by atoms with Crippen molar-refractivity contribution in [2.24, 2.45) is 11.8 Å². The van der Waals surface area contributed by atoms with Gasteiger partial charge < -0.3 is 5.32 Å². The molecule has 0 bridgehead atoms. The smallest absolute Gasteiger partial charge is 0.310 e. The minimum absolute atomic E-state index is 0.154. The zero-order valence-electron chi connectivity index (χ0n) is 12.3. The van der Waals surface area contributed by atoms with Crippen LogP contribution in [0.1, 0.15) is 50.3 Å². The molecule has 0 amide bonds. The highest BCUT2D eigenvalue weighted by Gasteiger charge is 2.37. The Morgan fingerprint density at radius 2 is 1.95 bits per heavy atom. The summed E-state index contributed by atoms with van der Waals surface area (Å²) >= 11 is 0. The van der Waals surface area contributed by atoms with Gasteiger partial charge in [0.25, 0.3) is 0 Å². The van der Waals surface area contributed by atoms with Gasteiger partial charge in [0.1, 0.15) is 5.82 Å². The van der Waals surface area contributed by atoms with Crippen LogP contribution in [0.5, 0.6) is 0 Å². The maximum Gasteiger partial charge on any atom is 0.419 e. The lowest BCUT2D eigenvalue weighted by Gasteiger charge is -2.26. The maximum absolute atomic E-state index is 13.4. The first-order valence-electron chi connectivity index (χ1n) is 7.44. The highest BCUT2D eigenvalue weighted by Crippen LogP contribution is 2.43. The van der Waals surface area contributed by atoms with Crippen LogP contribution in [0, 0.1) is 17.7 Å². The van der Waals surface area contributed by atoms with E-state index in [2.05, 4.69) is 12.2 Å². The quantitative estimate of drug-likeness (QED) is 0.735. The van der Waals surface area contributed by atoms with Gasteiger partial charge in [-0.1, -0.05) is 19.9 Å². The molecular weight excluding hydrogens is 282 g/mol. The zero-order valence-corrected chi connectivity index (χ0v) is 12.3. The van der Waals surface area contributed by atoms with E-state index in [0.29, 0.717) is 11.5 Å². The van der Waals surface area contributed by atoms with Gasteiger partial charge in [-0.2, -0.15) is 13.2 Å². The van der Waals surface area contributed by atoms with E-state index in [1.807, 2.05) is 6.92 Å². The Bertz CT molecular complexity index is 480. The summed E-state index contributed by atoms with van der Waals surface area (Å²) in [6.07, 6.45) is -1.50. The van der Waals surface area contributed by atoms with Crippen LogP contribution >= 0.6 is 0 Å². The molecule has 2 rings (SSSR count). The molecule has 5 heteroatoms. The molecule has 1 aromatic carbocycles. The first-order chi connectivity index (χ1) is 9.84. The molecule has 2 unspecified atom stereocenters. The normalized spacial score (nSPS) is 18.6. The Labute approximate surface area is 122 Å². The Morgan fingerprint density at radius 3 is 2.48 bits per heavy atom. The third kappa shape index (κ3) is 3.96. The van der Waals surface area contributed by atoms with Crippen LogP contribution in [-0.4, -0.2) is 6.54 Å². The van der Waals surface area contributed by atoms with Gasteiger partial charge in [0.05, 0.1) is 5.56 Å². The average molecular weight is 303 g/mol. The summed E-state index contributed by atoms with van der Waals surface area (Å²) in [7, 11) is 0. The highest BCUT2D eigenvalue weighted by atomic mass is 19.4. The van der Waals surface area contributed by atoms with Gasteiger partial charge >= 0.3 is 6.18 Å². The van der Waals surface area contributed by atoms with E-state index < -0.39 is 17.6 Å². The average Bonchev–Trinajstić information content (AvgIpc) is 3.23. The molecule has 21 heavy (non-hydrogen) atoms. The summed E-state index contributed by atoms with van der Waals surface area (Å²) in [5.41, 5.74) is -0.650. The molecule has 1 fully saturated rings. The lowest BCUT2D eigenvalue weighted by molar-refractivity contribution is -0.140. The number of halogens is 4. The van der Waals surface area contributed by atoms with Crippen molar-refractivity contribution < 1.29 is 17.6 Å². The summed E-state index contributed by atoms with van der Waals surface area (Å²) in [5, 5.41) is 3.32. The van der Waals surface area contributed by atoms with E-state index in [0.717, 1.165) is 37.9 Å². The molecule has 0 saturated heterocycles. The summed E-state index contributed by atoms with van der Waals surface area (Å²) in [6.45, 7) is 4.81. The fourth-order valence-electron chi connectivity index (χ4n) is 2.75. The largest absolute Gasteiger partial charge is 0.419 e. The molecule has 0 aromatic heterocycles. The molecule has 0 aliphatic heterocycles. The summed E-state index contributed by atoms with van der Waals surface area (Å²) in [6, 6.07) is 3.20. The standard InChI is InChI=1S/C16H21F4N/c1-3-8-21-15(10(2)11-4-5-11)12-6-7-14(17)13(9-12)16(18,19)20/h6-7,9-11,15,21H,3-5,8H2,1-2H3. The van der Waals surface area contributed by atoms with Crippen LogP contribution in [0.3, 0.4) is 0 Å². The van der Waals surface area contributed by atoms with E-state index in [4.69, 9.17) is 0 Å². The van der Waals surface area contributed by atoms with E-state index in [1.54, 1.807) is 0 Å². The van der Waals surface area contributed by atoms with Gasteiger partial charge in [-0.05, 0) is 55.3 Å². The predicted molar refractivity (Wildman–Crippen MR) is 74.3 cm³/mol. The Kier molecular flexibility index (Phi) is 4.91. The van der Waals surface area contributed by atoms with Gasteiger partial charge in [0, 0.05) is 6.04 Å². The van der Waals surface area contributed by atoms with E-state index >= 15 is 0 Å². The van der Waals surface area contributed by atoms with Crippen molar-refractivity contribution in [2.75, 3.05) is 6.54 Å². The second-order valence-electron chi connectivity index (χ2n) is 5.87. The van der Waals surface area contributed by atoms with Crippen LogP contribution in [0.2, 0.25) is 0 Å². The monoisotopic (exact) mass is 303 g/mol. The minimum atomic E-state index is -4.65. The van der Waals surface area contributed by atoms with E-state index in [9.17, 15) is 17.6 Å². The summed E-state index contributed by atoms with van der Waals surface area (Å²) < 4.78 is 52.0. The molecule has 0 spiro atoms. The van der Waals surface area contributed by atoms with Crippen LogP contribution in [0.15, 0.2) is 18.2 Å². The molecule has 0 heterocycles. The fraction of sp³-hybridized carbons (Fsp3) is 0.625.